The molecule has 0 radical (unpaired) electrons. The lowest BCUT2D eigenvalue weighted by molar-refractivity contribution is -0.143. The maximum absolute atomic E-state index is 12.5. The van der Waals surface area contributed by atoms with Crippen LogP contribution in [0, 0.1) is 0 Å². The number of hydrogen-bond donors (Lipinski definition) is 1. The predicted molar refractivity (Wildman–Crippen MR) is 65.8 cm³/mol. The molecule has 0 atom stereocenters. The molecule has 0 aliphatic rings. The third-order valence-corrected chi connectivity index (χ3v) is 2.38. The lowest BCUT2D eigenvalue weighted by Crippen LogP contribution is -2.09. The molecule has 106 valence electrons. The number of alkyl halides is 3. The normalized spacial score (nSPS) is 11.2. The van der Waals surface area contributed by atoms with Crippen LogP contribution in [-0.2, 0) is 15.7 Å². The first kappa shape index (κ1) is 15.3. The third kappa shape index (κ3) is 5.63. The molecule has 0 aromatic heterocycles. The summed E-state index contributed by atoms with van der Waals surface area (Å²) in [5, 5.41) is 2.85. The van der Waals surface area contributed by atoms with Crippen molar-refractivity contribution in [3.63, 3.8) is 0 Å². The summed E-state index contributed by atoms with van der Waals surface area (Å²) >= 11 is 0. The number of hydrogen-bond acceptors (Lipinski definition) is 3. The summed E-state index contributed by atoms with van der Waals surface area (Å²) in [5.41, 5.74) is -0.304. The number of ether oxygens (including phenoxy) is 1. The second-order valence-corrected chi connectivity index (χ2v) is 3.91. The van der Waals surface area contributed by atoms with Crippen LogP contribution in [0.3, 0.4) is 0 Å². The van der Waals surface area contributed by atoms with Crippen molar-refractivity contribution in [2.24, 2.45) is 0 Å². The molecule has 1 rings (SSSR count). The molecule has 1 aromatic rings. The smallest absolute Gasteiger partial charge is 0.416 e. The molecule has 0 spiro atoms. The van der Waals surface area contributed by atoms with Crippen LogP contribution in [0.1, 0.15) is 25.3 Å². The topological polar surface area (TPSA) is 38.3 Å². The van der Waals surface area contributed by atoms with E-state index >= 15 is 0 Å². The first-order chi connectivity index (χ1) is 8.93. The predicted octanol–water partition coefficient (Wildman–Crippen LogP) is 3.46. The molecule has 0 heterocycles. The van der Waals surface area contributed by atoms with E-state index in [2.05, 4.69) is 5.32 Å². The molecule has 0 aliphatic heterocycles. The number of carbonyl (C=O) groups is 1. The van der Waals surface area contributed by atoms with Gasteiger partial charge in [-0.25, -0.2) is 0 Å². The van der Waals surface area contributed by atoms with E-state index in [0.29, 0.717) is 25.3 Å². The molecule has 0 saturated carbocycles. The fraction of sp³-hybridized carbons (Fsp3) is 0.462. The minimum absolute atomic E-state index is 0.250. The van der Waals surface area contributed by atoms with Gasteiger partial charge in [0, 0.05) is 18.7 Å². The minimum Gasteiger partial charge on any atom is -0.466 e. The van der Waals surface area contributed by atoms with Crippen LogP contribution in [0.25, 0.3) is 0 Å². The number of nitrogens with one attached hydrogen (secondary N) is 1. The summed E-state index contributed by atoms with van der Waals surface area (Å²) in [7, 11) is 0. The number of carbonyl (C=O) groups excluding carboxylic acids is 1. The van der Waals surface area contributed by atoms with Crippen LogP contribution >= 0.6 is 0 Å². The van der Waals surface area contributed by atoms with Gasteiger partial charge in [0.05, 0.1) is 12.2 Å². The van der Waals surface area contributed by atoms with Crippen molar-refractivity contribution in [1.29, 1.82) is 0 Å². The van der Waals surface area contributed by atoms with Gasteiger partial charge in [-0.3, -0.25) is 4.79 Å². The molecule has 0 unspecified atom stereocenters. The molecule has 0 saturated heterocycles. The van der Waals surface area contributed by atoms with Crippen LogP contribution in [-0.4, -0.2) is 19.1 Å². The van der Waals surface area contributed by atoms with Crippen LogP contribution in [0.15, 0.2) is 24.3 Å². The Labute approximate surface area is 109 Å². The molecule has 0 fully saturated rings. The molecule has 6 heteroatoms. The van der Waals surface area contributed by atoms with E-state index in [1.165, 1.54) is 6.07 Å². The number of halogens is 3. The van der Waals surface area contributed by atoms with Crippen molar-refractivity contribution in [1.82, 2.24) is 0 Å². The number of rotatable bonds is 6. The van der Waals surface area contributed by atoms with E-state index in [-0.39, 0.29) is 12.4 Å². The summed E-state index contributed by atoms with van der Waals surface area (Å²) in [6.07, 6.45) is -3.59. The lowest BCUT2D eigenvalue weighted by atomic mass is 10.2. The van der Waals surface area contributed by atoms with Gasteiger partial charge in [0.1, 0.15) is 0 Å². The van der Waals surface area contributed by atoms with Gasteiger partial charge in [-0.2, -0.15) is 13.2 Å². The summed E-state index contributed by atoms with van der Waals surface area (Å²) < 4.78 is 42.1. The average molecular weight is 275 g/mol. The van der Waals surface area contributed by atoms with Gasteiger partial charge in [0.2, 0.25) is 0 Å². The largest absolute Gasteiger partial charge is 0.466 e. The van der Waals surface area contributed by atoms with Gasteiger partial charge in [0.25, 0.3) is 0 Å². The van der Waals surface area contributed by atoms with Crippen molar-refractivity contribution < 1.29 is 22.7 Å². The van der Waals surface area contributed by atoms with Crippen LogP contribution in [0.4, 0.5) is 18.9 Å². The number of anilines is 1. The molecular weight excluding hydrogens is 259 g/mol. The van der Waals surface area contributed by atoms with Gasteiger partial charge < -0.3 is 10.1 Å². The van der Waals surface area contributed by atoms with Gasteiger partial charge in [-0.05, 0) is 31.5 Å². The fourth-order valence-corrected chi connectivity index (χ4v) is 1.50. The highest BCUT2D eigenvalue weighted by molar-refractivity contribution is 5.69. The zero-order valence-corrected chi connectivity index (χ0v) is 10.6. The fourth-order valence-electron chi connectivity index (χ4n) is 1.50. The van der Waals surface area contributed by atoms with Gasteiger partial charge in [0.15, 0.2) is 0 Å². The van der Waals surface area contributed by atoms with E-state index < -0.39 is 11.7 Å². The molecular formula is C13H16F3NO2. The minimum atomic E-state index is -4.34. The molecule has 1 aromatic carbocycles. The Hall–Kier alpha value is -1.72. The van der Waals surface area contributed by atoms with Crippen molar-refractivity contribution in [2.45, 2.75) is 25.9 Å². The highest BCUT2D eigenvalue weighted by Gasteiger charge is 2.30. The summed E-state index contributed by atoms with van der Waals surface area (Å²) in [6, 6.07) is 4.96. The Bertz CT molecular complexity index is 419. The van der Waals surface area contributed by atoms with E-state index in [1.54, 1.807) is 13.0 Å². The van der Waals surface area contributed by atoms with Crippen molar-refractivity contribution in [3.8, 4) is 0 Å². The molecule has 0 bridgehead atoms. The van der Waals surface area contributed by atoms with Crippen molar-refractivity contribution in [2.75, 3.05) is 18.5 Å². The van der Waals surface area contributed by atoms with Gasteiger partial charge in [-0.1, -0.05) is 6.07 Å². The van der Waals surface area contributed by atoms with Crippen molar-refractivity contribution >= 4 is 11.7 Å². The first-order valence-electron chi connectivity index (χ1n) is 6.00. The summed E-state index contributed by atoms with van der Waals surface area (Å²) in [4.78, 5) is 11.0. The Morgan fingerprint density at radius 2 is 2.11 bits per heavy atom. The average Bonchev–Trinajstić information content (AvgIpc) is 2.34. The van der Waals surface area contributed by atoms with Crippen molar-refractivity contribution in [3.05, 3.63) is 29.8 Å². The SMILES string of the molecule is CCOC(=O)CCCNc1cccc(C(F)(F)F)c1. The quantitative estimate of drug-likeness (QED) is 0.638. The standard InChI is InChI=1S/C13H16F3NO2/c1-2-19-12(18)7-4-8-17-11-6-3-5-10(9-11)13(14,15)16/h3,5-6,9,17H,2,4,7-8H2,1H3. The second kappa shape index (κ2) is 7.01. The van der Waals surface area contributed by atoms with E-state index in [9.17, 15) is 18.0 Å². The van der Waals surface area contributed by atoms with Gasteiger partial charge in [-0.15, -0.1) is 0 Å². The Morgan fingerprint density at radius 1 is 1.37 bits per heavy atom. The Balaban J connectivity index is 2.40. The van der Waals surface area contributed by atoms with Crippen LogP contribution < -0.4 is 5.32 Å². The van der Waals surface area contributed by atoms with E-state index in [0.717, 1.165) is 12.1 Å². The summed E-state index contributed by atoms with van der Waals surface area (Å²) in [5.74, 6) is -0.298. The lowest BCUT2D eigenvalue weighted by Gasteiger charge is -2.10. The highest BCUT2D eigenvalue weighted by Crippen LogP contribution is 2.30. The monoisotopic (exact) mass is 275 g/mol. The molecule has 0 amide bonds. The van der Waals surface area contributed by atoms with E-state index in [4.69, 9.17) is 4.74 Å². The zero-order valence-electron chi connectivity index (χ0n) is 10.6. The highest BCUT2D eigenvalue weighted by atomic mass is 19.4. The maximum atomic E-state index is 12.5. The van der Waals surface area contributed by atoms with Crippen LogP contribution in [0.2, 0.25) is 0 Å². The van der Waals surface area contributed by atoms with Crippen LogP contribution in [0.5, 0.6) is 0 Å². The Morgan fingerprint density at radius 3 is 2.74 bits per heavy atom. The zero-order chi connectivity index (χ0) is 14.3. The molecule has 19 heavy (non-hydrogen) atoms. The Kier molecular flexibility index (Phi) is 5.66. The summed E-state index contributed by atoms with van der Waals surface area (Å²) in [6.45, 7) is 2.47. The number of esters is 1. The van der Waals surface area contributed by atoms with E-state index in [1.807, 2.05) is 0 Å². The maximum Gasteiger partial charge on any atom is 0.416 e. The number of benzene rings is 1. The second-order valence-electron chi connectivity index (χ2n) is 3.91. The molecule has 0 aliphatic carbocycles. The molecule has 1 N–H and O–H groups in total. The first-order valence-corrected chi connectivity index (χ1v) is 6.00. The van der Waals surface area contributed by atoms with Gasteiger partial charge >= 0.3 is 12.1 Å². The molecule has 3 nitrogen and oxygen atoms in total. The third-order valence-electron chi connectivity index (χ3n) is 2.38.